The SMILES string of the molecule is Cc1nn(C)cc1C(=O)/C=C/c1ccc(COc2ccccc2[N+](=O)[O-])o1. The quantitative estimate of drug-likeness (QED) is 0.273. The number of nitro groups is 1. The maximum absolute atomic E-state index is 12.2. The van der Waals surface area contributed by atoms with Gasteiger partial charge in [-0.05, 0) is 37.3 Å². The van der Waals surface area contributed by atoms with Crippen molar-refractivity contribution in [3.63, 3.8) is 0 Å². The lowest BCUT2D eigenvalue weighted by atomic mass is 10.1. The predicted octanol–water partition coefficient (Wildman–Crippen LogP) is 3.70. The van der Waals surface area contributed by atoms with Crippen molar-refractivity contribution in [3.05, 3.63) is 81.6 Å². The topological polar surface area (TPSA) is 100 Å². The third-order valence-electron chi connectivity index (χ3n) is 3.79. The van der Waals surface area contributed by atoms with Crippen LogP contribution in [0.25, 0.3) is 6.08 Å². The Bertz CT molecular complexity index is 1020. The molecule has 0 amide bonds. The van der Waals surface area contributed by atoms with Crippen LogP contribution in [-0.2, 0) is 13.7 Å². The molecule has 0 N–H and O–H groups in total. The van der Waals surface area contributed by atoms with Crippen LogP contribution in [-0.4, -0.2) is 20.5 Å². The van der Waals surface area contributed by atoms with Crippen molar-refractivity contribution in [2.24, 2.45) is 7.05 Å². The number of hydrogen-bond donors (Lipinski definition) is 0. The van der Waals surface area contributed by atoms with Gasteiger partial charge in [0, 0.05) is 19.3 Å². The van der Waals surface area contributed by atoms with Crippen LogP contribution in [0.2, 0.25) is 0 Å². The molecule has 0 saturated heterocycles. The van der Waals surface area contributed by atoms with Crippen LogP contribution < -0.4 is 4.74 Å². The molecule has 0 spiro atoms. The second-order valence-electron chi connectivity index (χ2n) is 5.82. The van der Waals surface area contributed by atoms with E-state index in [2.05, 4.69) is 5.10 Å². The molecule has 0 aliphatic carbocycles. The molecular weight excluding hydrogens is 350 g/mol. The van der Waals surface area contributed by atoms with Crippen LogP contribution in [0, 0.1) is 17.0 Å². The lowest BCUT2D eigenvalue weighted by Crippen LogP contribution is -1.97. The Labute approximate surface area is 154 Å². The molecule has 0 bridgehead atoms. The van der Waals surface area contributed by atoms with E-state index in [1.165, 1.54) is 18.2 Å². The summed E-state index contributed by atoms with van der Waals surface area (Å²) < 4.78 is 12.6. The van der Waals surface area contributed by atoms with E-state index in [1.54, 1.807) is 55.2 Å². The second kappa shape index (κ2) is 7.69. The number of carbonyl (C=O) groups excluding carboxylic acids is 1. The summed E-state index contributed by atoms with van der Waals surface area (Å²) in [4.78, 5) is 22.7. The van der Waals surface area contributed by atoms with Crippen molar-refractivity contribution in [2.75, 3.05) is 0 Å². The summed E-state index contributed by atoms with van der Waals surface area (Å²) in [5, 5.41) is 15.1. The molecule has 0 saturated carbocycles. The van der Waals surface area contributed by atoms with Crippen LogP contribution in [0.5, 0.6) is 5.75 Å². The summed E-state index contributed by atoms with van der Waals surface area (Å²) in [6.45, 7) is 1.81. The number of ether oxygens (including phenoxy) is 1. The van der Waals surface area contributed by atoms with Gasteiger partial charge < -0.3 is 9.15 Å². The number of aryl methyl sites for hydroxylation is 2. The molecule has 0 unspecified atom stereocenters. The normalized spacial score (nSPS) is 11.0. The number of furan rings is 1. The van der Waals surface area contributed by atoms with Crippen molar-refractivity contribution < 1.29 is 18.9 Å². The number of allylic oxidation sites excluding steroid dienone is 1. The van der Waals surface area contributed by atoms with Crippen LogP contribution >= 0.6 is 0 Å². The zero-order valence-electron chi connectivity index (χ0n) is 14.8. The Kier molecular flexibility index (Phi) is 5.16. The van der Waals surface area contributed by atoms with Gasteiger partial charge in [-0.3, -0.25) is 19.6 Å². The molecule has 27 heavy (non-hydrogen) atoms. The minimum absolute atomic E-state index is 0.0361. The van der Waals surface area contributed by atoms with Gasteiger partial charge in [-0.1, -0.05) is 12.1 Å². The molecule has 3 aromatic rings. The van der Waals surface area contributed by atoms with Crippen molar-refractivity contribution in [2.45, 2.75) is 13.5 Å². The average Bonchev–Trinajstić information content (AvgIpc) is 3.23. The number of nitrogens with zero attached hydrogens (tertiary/aromatic N) is 3. The number of nitro benzene ring substituents is 1. The molecule has 2 aromatic heterocycles. The van der Waals surface area contributed by atoms with Gasteiger partial charge in [0.15, 0.2) is 11.5 Å². The van der Waals surface area contributed by atoms with Crippen molar-refractivity contribution in [1.29, 1.82) is 0 Å². The van der Waals surface area contributed by atoms with Gasteiger partial charge in [-0.15, -0.1) is 0 Å². The molecule has 8 heteroatoms. The lowest BCUT2D eigenvalue weighted by Gasteiger charge is -2.04. The van der Waals surface area contributed by atoms with E-state index in [-0.39, 0.29) is 23.8 Å². The first kappa shape index (κ1) is 18.1. The van der Waals surface area contributed by atoms with E-state index in [9.17, 15) is 14.9 Å². The number of para-hydroxylation sites is 2. The Hall–Kier alpha value is -3.68. The monoisotopic (exact) mass is 367 g/mol. The fourth-order valence-electron chi connectivity index (χ4n) is 2.53. The minimum Gasteiger partial charge on any atom is -0.479 e. The Balaban J connectivity index is 1.64. The van der Waals surface area contributed by atoms with Crippen molar-refractivity contribution in [3.8, 4) is 5.75 Å². The standard InChI is InChI=1S/C19H17N3O5/c1-13-16(11-21(2)20-13)18(23)10-9-14-7-8-15(27-14)12-26-19-6-4-3-5-17(19)22(24)25/h3-11H,12H2,1-2H3/b10-9+. The zero-order chi connectivity index (χ0) is 19.4. The average molecular weight is 367 g/mol. The van der Waals surface area contributed by atoms with E-state index in [4.69, 9.17) is 9.15 Å². The molecule has 2 heterocycles. The van der Waals surface area contributed by atoms with Gasteiger partial charge in [0.05, 0.1) is 16.2 Å². The lowest BCUT2D eigenvalue weighted by molar-refractivity contribution is -0.386. The fraction of sp³-hybridized carbons (Fsp3) is 0.158. The van der Waals surface area contributed by atoms with Crippen molar-refractivity contribution >= 4 is 17.5 Å². The highest BCUT2D eigenvalue weighted by Gasteiger charge is 2.14. The zero-order valence-corrected chi connectivity index (χ0v) is 14.8. The number of benzene rings is 1. The first-order valence-electron chi connectivity index (χ1n) is 8.11. The van der Waals surface area contributed by atoms with E-state index >= 15 is 0 Å². The van der Waals surface area contributed by atoms with Gasteiger partial charge in [0.1, 0.15) is 18.1 Å². The van der Waals surface area contributed by atoms with Crippen LogP contribution in [0.4, 0.5) is 5.69 Å². The number of hydrogen-bond acceptors (Lipinski definition) is 6. The Morgan fingerprint density at radius 1 is 1.33 bits per heavy atom. The van der Waals surface area contributed by atoms with Gasteiger partial charge in [-0.25, -0.2) is 0 Å². The number of rotatable bonds is 7. The third kappa shape index (κ3) is 4.30. The first-order chi connectivity index (χ1) is 12.9. The van der Waals surface area contributed by atoms with Gasteiger partial charge >= 0.3 is 5.69 Å². The smallest absolute Gasteiger partial charge is 0.310 e. The highest BCUT2D eigenvalue weighted by molar-refractivity contribution is 6.07. The highest BCUT2D eigenvalue weighted by atomic mass is 16.6. The molecular formula is C19H17N3O5. The van der Waals surface area contributed by atoms with Crippen LogP contribution in [0.3, 0.4) is 0 Å². The van der Waals surface area contributed by atoms with Gasteiger partial charge in [0.25, 0.3) is 0 Å². The summed E-state index contributed by atoms with van der Waals surface area (Å²) in [7, 11) is 1.75. The maximum Gasteiger partial charge on any atom is 0.310 e. The summed E-state index contributed by atoms with van der Waals surface area (Å²) in [5.74, 6) is 0.955. The molecule has 138 valence electrons. The number of aromatic nitrogens is 2. The molecule has 0 fully saturated rings. The minimum atomic E-state index is -0.502. The summed E-state index contributed by atoms with van der Waals surface area (Å²) in [5.41, 5.74) is 1.08. The molecule has 3 rings (SSSR count). The summed E-state index contributed by atoms with van der Waals surface area (Å²) >= 11 is 0. The van der Waals surface area contributed by atoms with E-state index in [0.29, 0.717) is 22.8 Å². The molecule has 0 radical (unpaired) electrons. The maximum atomic E-state index is 12.2. The predicted molar refractivity (Wildman–Crippen MR) is 97.4 cm³/mol. The molecule has 0 aliphatic rings. The van der Waals surface area contributed by atoms with E-state index < -0.39 is 4.92 Å². The van der Waals surface area contributed by atoms with E-state index in [0.717, 1.165) is 0 Å². The molecule has 8 nitrogen and oxygen atoms in total. The highest BCUT2D eigenvalue weighted by Crippen LogP contribution is 2.27. The Morgan fingerprint density at radius 2 is 2.11 bits per heavy atom. The molecule has 0 aliphatic heterocycles. The summed E-state index contributed by atoms with van der Waals surface area (Å²) in [6, 6.07) is 9.51. The largest absolute Gasteiger partial charge is 0.479 e. The molecule has 0 atom stereocenters. The number of ketones is 1. The van der Waals surface area contributed by atoms with Gasteiger partial charge in [0.2, 0.25) is 0 Å². The fourth-order valence-corrected chi connectivity index (χ4v) is 2.53. The van der Waals surface area contributed by atoms with Gasteiger partial charge in [-0.2, -0.15) is 5.10 Å². The van der Waals surface area contributed by atoms with Crippen LogP contribution in [0.1, 0.15) is 27.6 Å². The second-order valence-corrected chi connectivity index (χ2v) is 5.82. The third-order valence-corrected chi connectivity index (χ3v) is 3.79. The summed E-state index contributed by atoms with van der Waals surface area (Å²) in [6.07, 6.45) is 4.63. The van der Waals surface area contributed by atoms with Crippen LogP contribution in [0.15, 0.2) is 53.1 Å². The first-order valence-corrected chi connectivity index (χ1v) is 8.11. The van der Waals surface area contributed by atoms with Crippen molar-refractivity contribution in [1.82, 2.24) is 9.78 Å². The van der Waals surface area contributed by atoms with E-state index in [1.807, 2.05) is 0 Å². The molecule has 1 aromatic carbocycles. The Morgan fingerprint density at radius 3 is 2.81 bits per heavy atom. The number of carbonyl (C=O) groups is 1.